The topological polar surface area (TPSA) is 70.2 Å². The van der Waals surface area contributed by atoms with Crippen molar-refractivity contribution < 1.29 is 18.3 Å². The van der Waals surface area contributed by atoms with E-state index in [4.69, 9.17) is 20.8 Å². The van der Waals surface area contributed by atoms with Gasteiger partial charge in [0.05, 0.1) is 30.3 Å². The Labute approximate surface area is 164 Å². The number of carbonyl (C=O) groups is 1. The van der Waals surface area contributed by atoms with E-state index in [0.29, 0.717) is 23.1 Å². The Hall–Kier alpha value is -3.19. The van der Waals surface area contributed by atoms with Crippen LogP contribution in [-0.4, -0.2) is 27.6 Å². The number of aryl methyl sites for hydroxylation is 1. The van der Waals surface area contributed by atoms with Crippen molar-refractivity contribution in [3.63, 3.8) is 0 Å². The van der Waals surface area contributed by atoms with Crippen LogP contribution in [0, 0.1) is 12.7 Å². The molecule has 0 saturated carbocycles. The lowest BCUT2D eigenvalue weighted by molar-refractivity contribution is 0.0596. The van der Waals surface area contributed by atoms with Gasteiger partial charge in [-0.1, -0.05) is 11.6 Å². The molecule has 6 nitrogen and oxygen atoms in total. The molecule has 0 aliphatic heterocycles. The van der Waals surface area contributed by atoms with Gasteiger partial charge in [-0.2, -0.15) is 0 Å². The predicted molar refractivity (Wildman–Crippen MR) is 102 cm³/mol. The summed E-state index contributed by atoms with van der Waals surface area (Å²) < 4.78 is 26.2. The summed E-state index contributed by atoms with van der Waals surface area (Å²) in [6.07, 6.45) is 1.59. The molecule has 0 N–H and O–H groups in total. The molecule has 3 aromatic heterocycles. The van der Waals surface area contributed by atoms with Crippen molar-refractivity contribution in [2.75, 3.05) is 7.11 Å². The molecule has 0 unspecified atom stereocenters. The number of furan rings is 1. The number of methoxy groups -OCH3 is 1. The fourth-order valence-corrected chi connectivity index (χ4v) is 3.14. The van der Waals surface area contributed by atoms with Gasteiger partial charge in [0.15, 0.2) is 11.5 Å². The maximum Gasteiger partial charge on any atom is 0.357 e. The Balaban J connectivity index is 1.95. The quantitative estimate of drug-likeness (QED) is 0.468. The van der Waals surface area contributed by atoms with Gasteiger partial charge in [-0.05, 0) is 43.3 Å². The fraction of sp³-hybridized carbons (Fsp3) is 0.150. The molecule has 142 valence electrons. The summed E-state index contributed by atoms with van der Waals surface area (Å²) in [5.41, 5.74) is 1.90. The summed E-state index contributed by atoms with van der Waals surface area (Å²) in [7, 11) is 1.28. The third-order valence-corrected chi connectivity index (χ3v) is 4.72. The van der Waals surface area contributed by atoms with E-state index < -0.39 is 11.8 Å². The maximum atomic E-state index is 13.9. The summed E-state index contributed by atoms with van der Waals surface area (Å²) in [4.78, 5) is 21.3. The number of ether oxygens (including phenoxy) is 1. The average Bonchev–Trinajstić information content (AvgIpc) is 3.31. The van der Waals surface area contributed by atoms with Gasteiger partial charge in [0.25, 0.3) is 0 Å². The van der Waals surface area contributed by atoms with E-state index in [-0.39, 0.29) is 16.5 Å². The van der Waals surface area contributed by atoms with E-state index in [9.17, 15) is 9.18 Å². The lowest BCUT2D eigenvalue weighted by Gasteiger charge is -2.09. The second kappa shape index (κ2) is 7.09. The highest BCUT2D eigenvalue weighted by atomic mass is 35.5. The second-order valence-corrected chi connectivity index (χ2v) is 6.61. The number of hydrogen-bond acceptors (Lipinski definition) is 5. The molecule has 0 spiro atoms. The molecule has 0 atom stereocenters. The first kappa shape index (κ1) is 18.2. The Kier molecular flexibility index (Phi) is 4.60. The molecule has 0 amide bonds. The highest BCUT2D eigenvalue weighted by molar-refractivity contribution is 6.30. The zero-order valence-corrected chi connectivity index (χ0v) is 15.8. The zero-order valence-electron chi connectivity index (χ0n) is 15.1. The number of rotatable bonds is 4. The van der Waals surface area contributed by atoms with Crippen molar-refractivity contribution in [3.8, 4) is 11.4 Å². The Morgan fingerprint density at radius 1 is 1.29 bits per heavy atom. The lowest BCUT2D eigenvalue weighted by atomic mass is 10.2. The molecule has 4 aromatic rings. The number of esters is 1. The Bertz CT molecular complexity index is 1190. The third kappa shape index (κ3) is 3.14. The fourth-order valence-electron chi connectivity index (χ4n) is 3.02. The smallest absolute Gasteiger partial charge is 0.357 e. The van der Waals surface area contributed by atoms with Crippen LogP contribution in [0.25, 0.3) is 22.4 Å². The average molecular weight is 400 g/mol. The first-order valence-electron chi connectivity index (χ1n) is 8.42. The molecule has 0 aliphatic carbocycles. The van der Waals surface area contributed by atoms with Crippen LogP contribution in [0.5, 0.6) is 0 Å². The maximum absolute atomic E-state index is 13.9. The highest BCUT2D eigenvalue weighted by Gasteiger charge is 2.21. The summed E-state index contributed by atoms with van der Waals surface area (Å²) >= 11 is 5.77. The largest absolute Gasteiger partial charge is 0.467 e. The molecule has 0 aliphatic rings. The van der Waals surface area contributed by atoms with E-state index in [1.165, 1.54) is 19.2 Å². The summed E-state index contributed by atoms with van der Waals surface area (Å²) in [5.74, 6) is -0.261. The number of carbonyl (C=O) groups excluding carboxylic acids is 1. The van der Waals surface area contributed by atoms with Crippen molar-refractivity contribution in [3.05, 3.63) is 70.6 Å². The molecule has 0 fully saturated rings. The SMILES string of the molecule is COC(=O)c1nc(-c2ccc(Cl)c(F)c2)nc2c1cc(C)n2Cc1ccco1. The molecule has 0 radical (unpaired) electrons. The van der Waals surface area contributed by atoms with Crippen molar-refractivity contribution in [1.82, 2.24) is 14.5 Å². The van der Waals surface area contributed by atoms with Crippen LogP contribution >= 0.6 is 11.6 Å². The molecule has 0 saturated heterocycles. The first-order chi connectivity index (χ1) is 13.5. The van der Waals surface area contributed by atoms with Gasteiger partial charge in [0, 0.05) is 11.3 Å². The van der Waals surface area contributed by atoms with E-state index in [1.54, 1.807) is 18.4 Å². The molecular weight excluding hydrogens is 385 g/mol. The molecule has 4 rings (SSSR count). The number of aromatic nitrogens is 3. The summed E-state index contributed by atoms with van der Waals surface area (Å²) in [6, 6.07) is 9.72. The standard InChI is InChI=1S/C20H15ClFN3O3/c1-11-8-14-17(20(26)27-2)23-18(12-5-6-15(21)16(22)9-12)24-19(14)25(11)10-13-4-3-7-28-13/h3-9H,10H2,1-2H3. The minimum Gasteiger partial charge on any atom is -0.467 e. The highest BCUT2D eigenvalue weighted by Crippen LogP contribution is 2.28. The first-order valence-corrected chi connectivity index (χ1v) is 8.79. The molecule has 3 heterocycles. The Morgan fingerprint density at radius 3 is 2.79 bits per heavy atom. The number of nitrogens with zero attached hydrogens (tertiary/aromatic N) is 3. The van der Waals surface area contributed by atoms with Crippen LogP contribution in [0.3, 0.4) is 0 Å². The second-order valence-electron chi connectivity index (χ2n) is 6.20. The summed E-state index contributed by atoms with van der Waals surface area (Å²) in [5, 5.41) is 0.546. The van der Waals surface area contributed by atoms with Gasteiger partial charge < -0.3 is 13.7 Å². The third-order valence-electron chi connectivity index (χ3n) is 4.41. The van der Waals surface area contributed by atoms with E-state index in [2.05, 4.69) is 9.97 Å². The zero-order chi connectivity index (χ0) is 19.8. The Morgan fingerprint density at radius 2 is 2.11 bits per heavy atom. The molecular formula is C20H15ClFN3O3. The molecule has 1 aromatic carbocycles. The number of fused-ring (bicyclic) bond motifs is 1. The van der Waals surface area contributed by atoms with Crippen molar-refractivity contribution >= 4 is 28.6 Å². The minimum atomic E-state index is -0.599. The van der Waals surface area contributed by atoms with Crippen molar-refractivity contribution in [2.24, 2.45) is 0 Å². The van der Waals surface area contributed by atoms with E-state index in [1.807, 2.05) is 23.6 Å². The van der Waals surface area contributed by atoms with Crippen LogP contribution < -0.4 is 0 Å². The van der Waals surface area contributed by atoms with Gasteiger partial charge in [-0.15, -0.1) is 0 Å². The number of benzene rings is 1. The van der Waals surface area contributed by atoms with E-state index >= 15 is 0 Å². The van der Waals surface area contributed by atoms with Gasteiger partial charge >= 0.3 is 5.97 Å². The van der Waals surface area contributed by atoms with E-state index in [0.717, 1.165) is 11.5 Å². The van der Waals surface area contributed by atoms with Gasteiger partial charge in [0.2, 0.25) is 0 Å². The van der Waals surface area contributed by atoms with Crippen molar-refractivity contribution in [1.29, 1.82) is 0 Å². The van der Waals surface area contributed by atoms with Crippen LogP contribution in [0.4, 0.5) is 4.39 Å². The van der Waals surface area contributed by atoms with Crippen LogP contribution in [0.2, 0.25) is 5.02 Å². The van der Waals surface area contributed by atoms with Gasteiger partial charge in [-0.25, -0.2) is 19.2 Å². The summed E-state index contributed by atoms with van der Waals surface area (Å²) in [6.45, 7) is 2.32. The van der Waals surface area contributed by atoms with Crippen LogP contribution in [-0.2, 0) is 11.3 Å². The molecule has 0 bridgehead atoms. The monoisotopic (exact) mass is 399 g/mol. The lowest BCUT2D eigenvalue weighted by Crippen LogP contribution is -2.09. The predicted octanol–water partition coefficient (Wildman–Crippen LogP) is 4.63. The van der Waals surface area contributed by atoms with Crippen LogP contribution in [0.1, 0.15) is 21.9 Å². The minimum absolute atomic E-state index is 0.00458. The number of halogens is 2. The normalized spacial score (nSPS) is 11.1. The van der Waals surface area contributed by atoms with Gasteiger partial charge in [0.1, 0.15) is 17.2 Å². The number of hydrogen-bond donors (Lipinski definition) is 0. The molecule has 8 heteroatoms. The van der Waals surface area contributed by atoms with Crippen LogP contribution in [0.15, 0.2) is 47.1 Å². The van der Waals surface area contributed by atoms with Gasteiger partial charge in [-0.3, -0.25) is 0 Å². The van der Waals surface area contributed by atoms with Crippen molar-refractivity contribution in [2.45, 2.75) is 13.5 Å². The molecule has 28 heavy (non-hydrogen) atoms.